The summed E-state index contributed by atoms with van der Waals surface area (Å²) in [6.07, 6.45) is 3.57. The van der Waals surface area contributed by atoms with Gasteiger partial charge in [-0.25, -0.2) is 9.67 Å². The van der Waals surface area contributed by atoms with E-state index in [1.165, 1.54) is 11.0 Å². The van der Waals surface area contributed by atoms with E-state index in [1.807, 2.05) is 11.8 Å². The highest BCUT2D eigenvalue weighted by Gasteiger charge is 2.23. The molecule has 1 fully saturated rings. The van der Waals surface area contributed by atoms with Crippen molar-refractivity contribution in [3.05, 3.63) is 6.33 Å². The van der Waals surface area contributed by atoms with Gasteiger partial charge >= 0.3 is 0 Å². The van der Waals surface area contributed by atoms with Gasteiger partial charge in [-0.1, -0.05) is 0 Å². The number of nitrogens with zero attached hydrogens (tertiary/aromatic N) is 4. The first kappa shape index (κ1) is 12.8. The van der Waals surface area contributed by atoms with E-state index in [1.54, 1.807) is 0 Å². The van der Waals surface area contributed by atoms with Crippen LogP contribution in [-0.2, 0) is 16.1 Å². The number of nitrogen functional groups attached to an aromatic ring is 1. The van der Waals surface area contributed by atoms with Gasteiger partial charge in [-0.05, 0) is 19.8 Å². The molecule has 7 heteroatoms. The molecule has 1 aliphatic heterocycles. The molecule has 1 aromatic rings. The summed E-state index contributed by atoms with van der Waals surface area (Å²) < 4.78 is 7.02. The third-order valence-corrected chi connectivity index (χ3v) is 3.05. The first-order valence-corrected chi connectivity index (χ1v) is 6.23. The van der Waals surface area contributed by atoms with Crippen LogP contribution in [0.25, 0.3) is 0 Å². The van der Waals surface area contributed by atoms with Crippen molar-refractivity contribution in [2.24, 2.45) is 0 Å². The zero-order chi connectivity index (χ0) is 13.0. The number of carbonyl (C=O) groups excluding carboxylic acids is 1. The molecular weight excluding hydrogens is 234 g/mol. The van der Waals surface area contributed by atoms with Gasteiger partial charge in [0.15, 0.2) is 0 Å². The van der Waals surface area contributed by atoms with Crippen LogP contribution in [0.4, 0.5) is 5.95 Å². The summed E-state index contributed by atoms with van der Waals surface area (Å²) in [4.78, 5) is 17.6. The Balaban J connectivity index is 1.80. The summed E-state index contributed by atoms with van der Waals surface area (Å²) >= 11 is 0. The lowest BCUT2D eigenvalue weighted by molar-refractivity contribution is -0.134. The van der Waals surface area contributed by atoms with E-state index in [-0.39, 0.29) is 18.4 Å². The van der Waals surface area contributed by atoms with Crippen LogP contribution >= 0.6 is 0 Å². The van der Waals surface area contributed by atoms with Crippen molar-refractivity contribution in [3.8, 4) is 0 Å². The van der Waals surface area contributed by atoms with E-state index in [0.717, 1.165) is 32.5 Å². The lowest BCUT2D eigenvalue weighted by Crippen LogP contribution is -2.42. The number of piperidine rings is 1. The molecule has 100 valence electrons. The van der Waals surface area contributed by atoms with E-state index < -0.39 is 0 Å². The third-order valence-electron chi connectivity index (χ3n) is 3.05. The van der Waals surface area contributed by atoms with E-state index in [2.05, 4.69) is 10.1 Å². The van der Waals surface area contributed by atoms with E-state index in [9.17, 15) is 4.79 Å². The van der Waals surface area contributed by atoms with Crippen LogP contribution in [0.5, 0.6) is 0 Å². The quantitative estimate of drug-likeness (QED) is 0.809. The molecule has 7 nitrogen and oxygen atoms in total. The molecule has 0 radical (unpaired) electrons. The number of hydrogen-bond acceptors (Lipinski definition) is 5. The van der Waals surface area contributed by atoms with Gasteiger partial charge in [-0.3, -0.25) is 4.79 Å². The van der Waals surface area contributed by atoms with Gasteiger partial charge in [0, 0.05) is 19.7 Å². The van der Waals surface area contributed by atoms with Gasteiger partial charge in [0.05, 0.1) is 6.10 Å². The summed E-state index contributed by atoms with van der Waals surface area (Å²) in [5, 5.41) is 3.90. The van der Waals surface area contributed by atoms with E-state index in [0.29, 0.717) is 6.10 Å². The molecule has 1 aliphatic rings. The van der Waals surface area contributed by atoms with Crippen molar-refractivity contribution in [2.75, 3.05) is 25.4 Å². The Labute approximate surface area is 106 Å². The molecule has 1 saturated heterocycles. The highest BCUT2D eigenvalue weighted by atomic mass is 16.5. The fraction of sp³-hybridized carbons (Fsp3) is 0.727. The van der Waals surface area contributed by atoms with Crippen molar-refractivity contribution in [3.63, 3.8) is 0 Å². The van der Waals surface area contributed by atoms with Crippen molar-refractivity contribution in [2.45, 2.75) is 32.4 Å². The van der Waals surface area contributed by atoms with Crippen molar-refractivity contribution in [1.29, 1.82) is 0 Å². The molecule has 0 atom stereocenters. The second-order valence-electron chi connectivity index (χ2n) is 4.34. The molecule has 0 aromatic carbocycles. The first-order chi connectivity index (χ1) is 8.69. The number of amides is 1. The summed E-state index contributed by atoms with van der Waals surface area (Å²) in [6.45, 7) is 4.41. The Morgan fingerprint density at radius 2 is 2.28 bits per heavy atom. The molecule has 0 unspecified atom stereocenters. The first-order valence-electron chi connectivity index (χ1n) is 6.23. The molecule has 18 heavy (non-hydrogen) atoms. The fourth-order valence-corrected chi connectivity index (χ4v) is 2.13. The maximum atomic E-state index is 12.0. The minimum Gasteiger partial charge on any atom is -0.378 e. The van der Waals surface area contributed by atoms with E-state index >= 15 is 0 Å². The fourth-order valence-electron chi connectivity index (χ4n) is 2.13. The van der Waals surface area contributed by atoms with Gasteiger partial charge in [0.1, 0.15) is 12.9 Å². The smallest absolute Gasteiger partial charge is 0.244 e. The van der Waals surface area contributed by atoms with Crippen LogP contribution in [-0.4, -0.2) is 51.4 Å². The van der Waals surface area contributed by atoms with Gasteiger partial charge in [-0.15, -0.1) is 5.10 Å². The predicted molar refractivity (Wildman–Crippen MR) is 65.7 cm³/mol. The lowest BCUT2D eigenvalue weighted by atomic mass is 10.1. The van der Waals surface area contributed by atoms with Gasteiger partial charge in [0.2, 0.25) is 11.9 Å². The topological polar surface area (TPSA) is 86.3 Å². The monoisotopic (exact) mass is 253 g/mol. The lowest BCUT2D eigenvalue weighted by Gasteiger charge is -2.31. The maximum absolute atomic E-state index is 12.0. The highest BCUT2D eigenvalue weighted by molar-refractivity contribution is 5.76. The minimum atomic E-state index is 0.0508. The average Bonchev–Trinajstić information content (AvgIpc) is 2.76. The zero-order valence-electron chi connectivity index (χ0n) is 10.6. The maximum Gasteiger partial charge on any atom is 0.244 e. The van der Waals surface area contributed by atoms with Crippen molar-refractivity contribution >= 4 is 11.9 Å². The van der Waals surface area contributed by atoms with Gasteiger partial charge in [-0.2, -0.15) is 0 Å². The van der Waals surface area contributed by atoms with Crippen LogP contribution < -0.4 is 5.73 Å². The highest BCUT2D eigenvalue weighted by Crippen LogP contribution is 2.14. The molecule has 0 bridgehead atoms. The molecule has 1 aromatic heterocycles. The average molecular weight is 253 g/mol. The zero-order valence-corrected chi connectivity index (χ0v) is 10.6. The molecule has 0 aliphatic carbocycles. The van der Waals surface area contributed by atoms with Crippen LogP contribution in [0.3, 0.4) is 0 Å². The summed E-state index contributed by atoms with van der Waals surface area (Å²) in [5.41, 5.74) is 5.40. The Bertz CT molecular complexity index is 398. The Morgan fingerprint density at radius 3 is 2.83 bits per heavy atom. The molecule has 0 saturated carbocycles. The molecular formula is C11H19N5O2. The third kappa shape index (κ3) is 3.19. The Hall–Kier alpha value is -1.63. The summed E-state index contributed by atoms with van der Waals surface area (Å²) in [6, 6.07) is 0. The number of hydrogen-bond donors (Lipinski definition) is 1. The molecule has 0 spiro atoms. The van der Waals surface area contributed by atoms with Gasteiger partial charge < -0.3 is 15.4 Å². The molecule has 1 amide bonds. The second-order valence-corrected chi connectivity index (χ2v) is 4.34. The number of likely N-dealkylation sites (tertiary alicyclic amines) is 1. The molecule has 2 rings (SSSR count). The van der Waals surface area contributed by atoms with Crippen molar-refractivity contribution in [1.82, 2.24) is 19.7 Å². The molecule has 2 heterocycles. The number of rotatable bonds is 4. The summed E-state index contributed by atoms with van der Waals surface area (Å²) in [5.74, 6) is 0.243. The van der Waals surface area contributed by atoms with Crippen LogP contribution in [0.1, 0.15) is 19.8 Å². The number of ether oxygens (including phenoxy) is 1. The van der Waals surface area contributed by atoms with Crippen molar-refractivity contribution < 1.29 is 9.53 Å². The van der Waals surface area contributed by atoms with Crippen LogP contribution in [0.15, 0.2) is 6.33 Å². The normalized spacial score (nSPS) is 17.1. The Kier molecular flexibility index (Phi) is 4.14. The standard InChI is InChI=1S/C11H19N5O2/c1-2-18-9-3-5-15(6-4-9)10(17)7-16-8-13-11(12)14-16/h8-9H,2-7H2,1H3,(H2,12,14). The Morgan fingerprint density at radius 1 is 1.56 bits per heavy atom. The van der Waals surface area contributed by atoms with E-state index in [4.69, 9.17) is 10.5 Å². The van der Waals surface area contributed by atoms with Crippen LogP contribution in [0, 0.1) is 0 Å². The predicted octanol–water partition coefficient (Wildman–Crippen LogP) is -0.112. The largest absolute Gasteiger partial charge is 0.378 e. The second kappa shape index (κ2) is 5.81. The number of aromatic nitrogens is 3. The van der Waals surface area contributed by atoms with Crippen LogP contribution in [0.2, 0.25) is 0 Å². The number of nitrogens with two attached hydrogens (primary N) is 1. The SMILES string of the molecule is CCOC1CCN(C(=O)Cn2cnc(N)n2)CC1. The number of anilines is 1. The number of carbonyl (C=O) groups is 1. The van der Waals surface area contributed by atoms with Gasteiger partial charge in [0.25, 0.3) is 0 Å². The molecule has 2 N–H and O–H groups in total. The minimum absolute atomic E-state index is 0.0508. The summed E-state index contributed by atoms with van der Waals surface area (Å²) in [7, 11) is 0.